The van der Waals surface area contributed by atoms with Gasteiger partial charge in [-0.05, 0) is 12.0 Å². The average Bonchev–Trinajstić information content (AvgIpc) is 2.72. The molecule has 0 radical (unpaired) electrons. The standard InChI is InChI=1S/C12H14O2/c1-2-5-10-6-3-4-7-11(10)12-13-8-9-14-12/h2-4,6-7,12H,1,5,8-9H2. The van der Waals surface area contributed by atoms with Crippen LogP contribution in [-0.2, 0) is 15.9 Å². The first kappa shape index (κ1) is 9.44. The Morgan fingerprint density at radius 3 is 2.71 bits per heavy atom. The van der Waals surface area contributed by atoms with Crippen LogP contribution in [0.25, 0.3) is 0 Å². The van der Waals surface area contributed by atoms with Gasteiger partial charge < -0.3 is 9.47 Å². The van der Waals surface area contributed by atoms with Crippen molar-refractivity contribution in [2.45, 2.75) is 12.7 Å². The second kappa shape index (κ2) is 4.40. The van der Waals surface area contributed by atoms with E-state index < -0.39 is 0 Å². The Morgan fingerprint density at radius 2 is 2.00 bits per heavy atom. The first-order valence-corrected chi connectivity index (χ1v) is 4.83. The number of hydrogen-bond acceptors (Lipinski definition) is 2. The molecule has 1 saturated heterocycles. The molecule has 1 heterocycles. The molecule has 1 aromatic carbocycles. The fourth-order valence-electron chi connectivity index (χ4n) is 1.64. The van der Waals surface area contributed by atoms with E-state index in [4.69, 9.17) is 9.47 Å². The Labute approximate surface area is 84.2 Å². The van der Waals surface area contributed by atoms with E-state index in [1.165, 1.54) is 5.56 Å². The maximum atomic E-state index is 5.47. The van der Waals surface area contributed by atoms with E-state index in [0.717, 1.165) is 12.0 Å². The Morgan fingerprint density at radius 1 is 1.29 bits per heavy atom. The van der Waals surface area contributed by atoms with Gasteiger partial charge >= 0.3 is 0 Å². The summed E-state index contributed by atoms with van der Waals surface area (Å²) >= 11 is 0. The topological polar surface area (TPSA) is 18.5 Å². The maximum Gasteiger partial charge on any atom is 0.184 e. The third-order valence-corrected chi connectivity index (χ3v) is 2.30. The Hall–Kier alpha value is -1.12. The molecule has 0 unspecified atom stereocenters. The van der Waals surface area contributed by atoms with Crippen LogP contribution >= 0.6 is 0 Å². The molecule has 0 spiro atoms. The lowest BCUT2D eigenvalue weighted by Gasteiger charge is -2.13. The van der Waals surface area contributed by atoms with Crippen molar-refractivity contribution in [3.8, 4) is 0 Å². The lowest BCUT2D eigenvalue weighted by atomic mass is 10.0. The molecule has 2 nitrogen and oxygen atoms in total. The molecular formula is C12H14O2. The van der Waals surface area contributed by atoms with Crippen molar-refractivity contribution >= 4 is 0 Å². The number of ether oxygens (including phenoxy) is 2. The minimum atomic E-state index is -0.175. The Kier molecular flexibility index (Phi) is 2.96. The summed E-state index contributed by atoms with van der Waals surface area (Å²) in [5, 5.41) is 0. The second-order valence-electron chi connectivity index (χ2n) is 3.27. The highest BCUT2D eigenvalue weighted by molar-refractivity contribution is 5.30. The first-order chi connectivity index (χ1) is 6.92. The smallest absolute Gasteiger partial charge is 0.184 e. The molecule has 14 heavy (non-hydrogen) atoms. The van der Waals surface area contributed by atoms with Crippen molar-refractivity contribution in [2.75, 3.05) is 13.2 Å². The van der Waals surface area contributed by atoms with Crippen molar-refractivity contribution in [2.24, 2.45) is 0 Å². The monoisotopic (exact) mass is 190 g/mol. The van der Waals surface area contributed by atoms with Gasteiger partial charge in [-0.1, -0.05) is 30.3 Å². The SMILES string of the molecule is C=CCc1ccccc1C1OCCO1. The van der Waals surface area contributed by atoms with Gasteiger partial charge in [-0.25, -0.2) is 0 Å². The van der Waals surface area contributed by atoms with E-state index in [-0.39, 0.29) is 6.29 Å². The number of allylic oxidation sites excluding steroid dienone is 1. The van der Waals surface area contributed by atoms with Crippen molar-refractivity contribution in [1.82, 2.24) is 0 Å². The van der Waals surface area contributed by atoms with Crippen molar-refractivity contribution in [3.63, 3.8) is 0 Å². The predicted octanol–water partition coefficient (Wildman–Crippen LogP) is 2.46. The first-order valence-electron chi connectivity index (χ1n) is 4.83. The summed E-state index contributed by atoms with van der Waals surface area (Å²) in [6.45, 7) is 5.12. The molecule has 74 valence electrons. The van der Waals surface area contributed by atoms with Crippen molar-refractivity contribution < 1.29 is 9.47 Å². The average molecular weight is 190 g/mol. The van der Waals surface area contributed by atoms with Crippen LogP contribution < -0.4 is 0 Å². The van der Waals surface area contributed by atoms with Gasteiger partial charge in [0.05, 0.1) is 13.2 Å². The highest BCUT2D eigenvalue weighted by atomic mass is 16.7. The van der Waals surface area contributed by atoms with Gasteiger partial charge in [0.2, 0.25) is 0 Å². The predicted molar refractivity (Wildman–Crippen MR) is 55.0 cm³/mol. The van der Waals surface area contributed by atoms with Crippen molar-refractivity contribution in [3.05, 3.63) is 48.0 Å². The molecule has 0 N–H and O–H groups in total. The van der Waals surface area contributed by atoms with Crippen LogP contribution in [0.1, 0.15) is 17.4 Å². The molecule has 1 aliphatic rings. The molecule has 1 fully saturated rings. The number of rotatable bonds is 3. The molecule has 0 amide bonds. The number of hydrogen-bond donors (Lipinski definition) is 0. The van der Waals surface area contributed by atoms with Crippen LogP contribution in [0, 0.1) is 0 Å². The van der Waals surface area contributed by atoms with Gasteiger partial charge in [-0.3, -0.25) is 0 Å². The zero-order valence-corrected chi connectivity index (χ0v) is 8.11. The summed E-state index contributed by atoms with van der Waals surface area (Å²) in [5.74, 6) is 0. The summed E-state index contributed by atoms with van der Waals surface area (Å²) in [7, 11) is 0. The van der Waals surface area contributed by atoms with E-state index in [2.05, 4.69) is 18.7 Å². The van der Waals surface area contributed by atoms with Crippen LogP contribution in [0.2, 0.25) is 0 Å². The van der Waals surface area contributed by atoms with Gasteiger partial charge in [-0.2, -0.15) is 0 Å². The minimum Gasteiger partial charge on any atom is -0.346 e. The van der Waals surface area contributed by atoms with Gasteiger partial charge in [0.15, 0.2) is 6.29 Å². The minimum absolute atomic E-state index is 0.175. The van der Waals surface area contributed by atoms with Crippen molar-refractivity contribution in [1.29, 1.82) is 0 Å². The van der Waals surface area contributed by atoms with E-state index in [1.807, 2.05) is 18.2 Å². The van der Waals surface area contributed by atoms with Gasteiger partial charge in [0.1, 0.15) is 0 Å². The van der Waals surface area contributed by atoms with Gasteiger partial charge in [-0.15, -0.1) is 6.58 Å². The molecule has 1 aromatic rings. The highest BCUT2D eigenvalue weighted by Crippen LogP contribution is 2.26. The molecule has 2 heteroatoms. The van der Waals surface area contributed by atoms with Crippen LogP contribution in [0.15, 0.2) is 36.9 Å². The Bertz CT molecular complexity index is 314. The van der Waals surface area contributed by atoms with Crippen LogP contribution in [0.5, 0.6) is 0 Å². The molecule has 0 aromatic heterocycles. The normalized spacial score (nSPS) is 17.1. The number of benzene rings is 1. The summed E-state index contributed by atoms with van der Waals surface area (Å²) < 4.78 is 10.9. The van der Waals surface area contributed by atoms with E-state index in [0.29, 0.717) is 13.2 Å². The maximum absolute atomic E-state index is 5.47. The van der Waals surface area contributed by atoms with Gasteiger partial charge in [0, 0.05) is 5.56 Å². The van der Waals surface area contributed by atoms with Crippen LogP contribution in [0.4, 0.5) is 0 Å². The zero-order valence-electron chi connectivity index (χ0n) is 8.11. The highest BCUT2D eigenvalue weighted by Gasteiger charge is 2.20. The largest absolute Gasteiger partial charge is 0.346 e. The third kappa shape index (κ3) is 1.86. The Balaban J connectivity index is 2.25. The molecule has 2 rings (SSSR count). The summed E-state index contributed by atoms with van der Waals surface area (Å²) in [6.07, 6.45) is 2.58. The van der Waals surface area contributed by atoms with E-state index >= 15 is 0 Å². The summed E-state index contributed by atoms with van der Waals surface area (Å²) in [6, 6.07) is 8.17. The molecule has 0 bridgehead atoms. The van der Waals surface area contributed by atoms with E-state index in [9.17, 15) is 0 Å². The molecule has 0 aliphatic carbocycles. The lowest BCUT2D eigenvalue weighted by molar-refractivity contribution is -0.0446. The molecular weight excluding hydrogens is 176 g/mol. The fraction of sp³-hybridized carbons (Fsp3) is 0.333. The second-order valence-corrected chi connectivity index (χ2v) is 3.27. The zero-order chi connectivity index (χ0) is 9.80. The third-order valence-electron chi connectivity index (χ3n) is 2.30. The summed E-state index contributed by atoms with van der Waals surface area (Å²) in [5.41, 5.74) is 2.36. The van der Waals surface area contributed by atoms with E-state index in [1.54, 1.807) is 0 Å². The van der Waals surface area contributed by atoms with Crippen LogP contribution in [0.3, 0.4) is 0 Å². The van der Waals surface area contributed by atoms with Gasteiger partial charge in [0.25, 0.3) is 0 Å². The van der Waals surface area contributed by atoms with Crippen LogP contribution in [-0.4, -0.2) is 13.2 Å². The molecule has 0 saturated carbocycles. The lowest BCUT2D eigenvalue weighted by Crippen LogP contribution is -2.02. The molecule has 1 aliphatic heterocycles. The quantitative estimate of drug-likeness (QED) is 0.682. The fourth-order valence-corrected chi connectivity index (χ4v) is 1.64. The molecule has 0 atom stereocenters. The summed E-state index contributed by atoms with van der Waals surface area (Å²) in [4.78, 5) is 0.